The molecule has 3 heteroatoms. The van der Waals surface area contributed by atoms with E-state index in [0.29, 0.717) is 6.73 Å². The Bertz CT molecular complexity index is 639. The fraction of sp³-hybridized carbons (Fsp3) is 0.294. The monoisotopic (exact) mass is 287 g/mol. The maximum Gasteiger partial charge on any atom is 0.142 e. The zero-order chi connectivity index (χ0) is 14.1. The van der Waals surface area contributed by atoms with Gasteiger partial charge in [0.15, 0.2) is 0 Å². The molecule has 0 saturated heterocycles. The number of ether oxygens (including phenoxy) is 1. The van der Waals surface area contributed by atoms with E-state index in [1.165, 1.54) is 16.7 Å². The molecule has 2 nitrogen and oxygen atoms in total. The minimum absolute atomic E-state index is 0.612. The van der Waals surface area contributed by atoms with Crippen LogP contribution in [0.15, 0.2) is 36.4 Å². The van der Waals surface area contributed by atoms with Crippen LogP contribution in [0.5, 0.6) is 5.75 Å². The molecule has 0 fully saturated rings. The molecule has 0 aromatic heterocycles. The Morgan fingerprint density at radius 3 is 2.80 bits per heavy atom. The molecule has 3 rings (SSSR count). The molecule has 0 bridgehead atoms. The molecule has 2 aromatic carbocycles. The lowest BCUT2D eigenvalue weighted by Crippen LogP contribution is -2.32. The zero-order valence-corrected chi connectivity index (χ0v) is 12.6. The summed E-state index contributed by atoms with van der Waals surface area (Å²) in [5, 5.41) is 0.818. The Hall–Kier alpha value is -1.51. The second-order valence-electron chi connectivity index (χ2n) is 5.41. The summed E-state index contributed by atoms with van der Waals surface area (Å²) in [7, 11) is 0. The Labute approximate surface area is 124 Å². The van der Waals surface area contributed by atoms with Gasteiger partial charge < -0.3 is 4.74 Å². The Morgan fingerprint density at radius 1 is 1.20 bits per heavy atom. The molecule has 0 spiro atoms. The molecule has 0 amide bonds. The van der Waals surface area contributed by atoms with Gasteiger partial charge in [0.1, 0.15) is 12.5 Å². The lowest BCUT2D eigenvalue weighted by atomic mass is 10.0. The third-order valence-electron chi connectivity index (χ3n) is 3.71. The maximum atomic E-state index is 6.23. The SMILES string of the molecule is Cc1cc(C)c2c(c1)OCN(Cc1ccccc1Cl)C2. The standard InChI is InChI=1S/C17H18ClNO/c1-12-7-13(2)15-10-19(11-20-17(15)8-12)9-14-5-3-4-6-16(14)18/h3-8H,9-11H2,1-2H3. The molecule has 0 N–H and O–H groups in total. The van der Waals surface area contributed by atoms with Gasteiger partial charge in [0.05, 0.1) is 0 Å². The predicted octanol–water partition coefficient (Wildman–Crippen LogP) is 4.31. The van der Waals surface area contributed by atoms with Crippen LogP contribution < -0.4 is 4.74 Å². The number of fused-ring (bicyclic) bond motifs is 1. The van der Waals surface area contributed by atoms with Gasteiger partial charge in [0.2, 0.25) is 0 Å². The van der Waals surface area contributed by atoms with Crippen LogP contribution in [-0.2, 0) is 13.1 Å². The smallest absolute Gasteiger partial charge is 0.142 e. The molecule has 0 atom stereocenters. The first kappa shape index (κ1) is 13.5. The molecule has 1 aliphatic heterocycles. The molecule has 0 saturated carbocycles. The first-order chi connectivity index (χ1) is 9.63. The first-order valence-corrected chi connectivity index (χ1v) is 7.20. The highest BCUT2D eigenvalue weighted by molar-refractivity contribution is 6.31. The number of halogens is 1. The molecular formula is C17H18ClNO. The number of aryl methyl sites for hydroxylation is 2. The van der Waals surface area contributed by atoms with Crippen molar-refractivity contribution in [2.75, 3.05) is 6.73 Å². The van der Waals surface area contributed by atoms with E-state index in [1.807, 2.05) is 18.2 Å². The van der Waals surface area contributed by atoms with E-state index in [4.69, 9.17) is 16.3 Å². The molecule has 1 aliphatic rings. The Balaban J connectivity index is 1.81. The van der Waals surface area contributed by atoms with Crippen LogP contribution in [-0.4, -0.2) is 11.6 Å². The van der Waals surface area contributed by atoms with Crippen molar-refractivity contribution in [3.8, 4) is 5.75 Å². The normalized spacial score (nSPS) is 14.8. The number of benzene rings is 2. The summed E-state index contributed by atoms with van der Waals surface area (Å²) in [5.74, 6) is 1.03. The van der Waals surface area contributed by atoms with Crippen LogP contribution in [0.4, 0.5) is 0 Å². The second kappa shape index (κ2) is 5.47. The Morgan fingerprint density at radius 2 is 2.00 bits per heavy atom. The zero-order valence-electron chi connectivity index (χ0n) is 11.8. The van der Waals surface area contributed by atoms with Crippen LogP contribution in [0, 0.1) is 13.8 Å². The van der Waals surface area contributed by atoms with Crippen LogP contribution in [0.25, 0.3) is 0 Å². The second-order valence-corrected chi connectivity index (χ2v) is 5.82. The first-order valence-electron chi connectivity index (χ1n) is 6.82. The summed E-state index contributed by atoms with van der Waals surface area (Å²) in [6.45, 7) is 6.58. The molecule has 0 radical (unpaired) electrons. The van der Waals surface area contributed by atoms with Crippen LogP contribution >= 0.6 is 11.6 Å². The number of hydrogen-bond donors (Lipinski definition) is 0. The number of rotatable bonds is 2. The minimum Gasteiger partial charge on any atom is -0.478 e. The van der Waals surface area contributed by atoms with Crippen molar-refractivity contribution in [2.45, 2.75) is 26.9 Å². The average molecular weight is 288 g/mol. The lowest BCUT2D eigenvalue weighted by molar-refractivity contribution is 0.0883. The van der Waals surface area contributed by atoms with Gasteiger partial charge in [-0.3, -0.25) is 4.90 Å². The van der Waals surface area contributed by atoms with Gasteiger partial charge in [-0.1, -0.05) is 35.9 Å². The highest BCUT2D eigenvalue weighted by Crippen LogP contribution is 2.30. The van der Waals surface area contributed by atoms with Crippen molar-refractivity contribution in [2.24, 2.45) is 0 Å². The molecule has 20 heavy (non-hydrogen) atoms. The van der Waals surface area contributed by atoms with Gasteiger partial charge in [-0.15, -0.1) is 0 Å². The molecule has 104 valence electrons. The number of nitrogens with zero attached hydrogens (tertiary/aromatic N) is 1. The van der Waals surface area contributed by atoms with Gasteiger partial charge >= 0.3 is 0 Å². The molecule has 0 aliphatic carbocycles. The van der Waals surface area contributed by atoms with E-state index < -0.39 is 0 Å². The highest BCUT2D eigenvalue weighted by atomic mass is 35.5. The third kappa shape index (κ3) is 2.67. The van der Waals surface area contributed by atoms with Crippen molar-refractivity contribution in [3.05, 3.63) is 63.7 Å². The van der Waals surface area contributed by atoms with Crippen molar-refractivity contribution in [1.82, 2.24) is 4.90 Å². The van der Waals surface area contributed by atoms with Gasteiger partial charge in [-0.2, -0.15) is 0 Å². The van der Waals surface area contributed by atoms with E-state index in [0.717, 1.165) is 29.4 Å². The van der Waals surface area contributed by atoms with Crippen molar-refractivity contribution >= 4 is 11.6 Å². The average Bonchev–Trinajstić information content (AvgIpc) is 2.42. The molecule has 0 unspecified atom stereocenters. The fourth-order valence-corrected chi connectivity index (χ4v) is 2.88. The quantitative estimate of drug-likeness (QED) is 0.816. The van der Waals surface area contributed by atoms with Gasteiger partial charge in [0.25, 0.3) is 0 Å². The molecular weight excluding hydrogens is 270 g/mol. The third-order valence-corrected chi connectivity index (χ3v) is 4.08. The van der Waals surface area contributed by atoms with Crippen LogP contribution in [0.3, 0.4) is 0 Å². The largest absolute Gasteiger partial charge is 0.478 e. The Kier molecular flexibility index (Phi) is 3.68. The molecule has 2 aromatic rings. The van der Waals surface area contributed by atoms with E-state index in [1.54, 1.807) is 0 Å². The summed E-state index contributed by atoms with van der Waals surface area (Å²) in [6, 6.07) is 12.3. The van der Waals surface area contributed by atoms with E-state index in [9.17, 15) is 0 Å². The fourth-order valence-electron chi connectivity index (χ4n) is 2.69. The van der Waals surface area contributed by atoms with E-state index in [-0.39, 0.29) is 0 Å². The minimum atomic E-state index is 0.612. The maximum absolute atomic E-state index is 6.23. The highest BCUT2D eigenvalue weighted by Gasteiger charge is 2.20. The van der Waals surface area contributed by atoms with Crippen molar-refractivity contribution in [1.29, 1.82) is 0 Å². The lowest BCUT2D eigenvalue weighted by Gasteiger charge is -2.30. The van der Waals surface area contributed by atoms with Crippen LogP contribution in [0.1, 0.15) is 22.3 Å². The summed E-state index contributed by atoms with van der Waals surface area (Å²) in [6.07, 6.45) is 0. The van der Waals surface area contributed by atoms with E-state index >= 15 is 0 Å². The summed E-state index contributed by atoms with van der Waals surface area (Å²) in [4.78, 5) is 2.27. The predicted molar refractivity (Wildman–Crippen MR) is 82.1 cm³/mol. The van der Waals surface area contributed by atoms with Gasteiger partial charge in [0, 0.05) is 23.7 Å². The molecule has 1 heterocycles. The number of hydrogen-bond acceptors (Lipinski definition) is 2. The summed E-state index contributed by atoms with van der Waals surface area (Å²) >= 11 is 6.23. The van der Waals surface area contributed by atoms with Gasteiger partial charge in [-0.05, 0) is 42.7 Å². The van der Waals surface area contributed by atoms with Gasteiger partial charge in [-0.25, -0.2) is 0 Å². The van der Waals surface area contributed by atoms with E-state index in [2.05, 4.69) is 36.9 Å². The summed E-state index contributed by atoms with van der Waals surface area (Å²) < 4.78 is 5.89. The van der Waals surface area contributed by atoms with Crippen molar-refractivity contribution in [3.63, 3.8) is 0 Å². The van der Waals surface area contributed by atoms with Crippen LogP contribution in [0.2, 0.25) is 5.02 Å². The summed E-state index contributed by atoms with van der Waals surface area (Å²) in [5.41, 5.74) is 4.98. The van der Waals surface area contributed by atoms with Crippen molar-refractivity contribution < 1.29 is 4.74 Å². The topological polar surface area (TPSA) is 12.5 Å².